The van der Waals surface area contributed by atoms with Crippen molar-refractivity contribution in [3.63, 3.8) is 0 Å². The summed E-state index contributed by atoms with van der Waals surface area (Å²) in [5.41, 5.74) is 0.765. The summed E-state index contributed by atoms with van der Waals surface area (Å²) in [6.07, 6.45) is 0. The number of ether oxygens (including phenoxy) is 3. The molecule has 0 aliphatic rings. The highest BCUT2D eigenvalue weighted by Crippen LogP contribution is 2.11. The SMILES string of the molecule is COC(=O)/C(O)=C(/OCc1ccccc1)C(=O)OC. The van der Waals surface area contributed by atoms with Crippen LogP contribution in [0.4, 0.5) is 0 Å². The van der Waals surface area contributed by atoms with E-state index in [0.717, 1.165) is 19.8 Å². The third-order valence-corrected chi connectivity index (χ3v) is 2.19. The van der Waals surface area contributed by atoms with Gasteiger partial charge in [-0.15, -0.1) is 0 Å². The van der Waals surface area contributed by atoms with Crippen LogP contribution in [0.3, 0.4) is 0 Å². The molecular weight excluding hydrogens is 252 g/mol. The number of rotatable bonds is 5. The molecule has 1 rings (SSSR count). The predicted octanol–water partition coefficient (Wildman–Crippen LogP) is 1.32. The lowest BCUT2D eigenvalue weighted by molar-refractivity contribution is -0.145. The molecule has 19 heavy (non-hydrogen) atoms. The van der Waals surface area contributed by atoms with Gasteiger partial charge in [0.25, 0.3) is 11.5 Å². The number of aliphatic hydroxyl groups excluding tert-OH is 1. The summed E-state index contributed by atoms with van der Waals surface area (Å²) in [5, 5.41) is 9.54. The van der Waals surface area contributed by atoms with Gasteiger partial charge in [-0.1, -0.05) is 30.3 Å². The molecular formula is C13H14O6. The van der Waals surface area contributed by atoms with Crippen molar-refractivity contribution < 1.29 is 28.9 Å². The predicted molar refractivity (Wildman–Crippen MR) is 64.9 cm³/mol. The fraction of sp³-hybridized carbons (Fsp3) is 0.231. The van der Waals surface area contributed by atoms with Gasteiger partial charge >= 0.3 is 11.9 Å². The molecule has 0 aliphatic heterocycles. The Bertz CT molecular complexity index is 477. The van der Waals surface area contributed by atoms with Crippen molar-refractivity contribution >= 4 is 11.9 Å². The van der Waals surface area contributed by atoms with Gasteiger partial charge in [-0.05, 0) is 5.56 Å². The Balaban J connectivity index is 2.88. The molecule has 0 aromatic heterocycles. The molecule has 1 aromatic carbocycles. The van der Waals surface area contributed by atoms with E-state index in [9.17, 15) is 14.7 Å². The second-order valence-electron chi connectivity index (χ2n) is 3.44. The van der Waals surface area contributed by atoms with Crippen LogP contribution in [0, 0.1) is 0 Å². The third-order valence-electron chi connectivity index (χ3n) is 2.19. The highest BCUT2D eigenvalue weighted by molar-refractivity contribution is 5.97. The summed E-state index contributed by atoms with van der Waals surface area (Å²) in [6.45, 7) is 0.00628. The summed E-state index contributed by atoms with van der Waals surface area (Å²) in [7, 11) is 2.18. The normalized spacial score (nSPS) is 11.3. The number of esters is 2. The molecule has 0 bridgehead atoms. The molecule has 1 aromatic rings. The van der Waals surface area contributed by atoms with E-state index in [2.05, 4.69) is 9.47 Å². The fourth-order valence-electron chi connectivity index (χ4n) is 1.24. The number of aliphatic hydroxyl groups is 1. The first kappa shape index (κ1) is 14.6. The zero-order valence-electron chi connectivity index (χ0n) is 10.6. The van der Waals surface area contributed by atoms with Crippen LogP contribution >= 0.6 is 0 Å². The molecule has 0 saturated heterocycles. The molecule has 102 valence electrons. The van der Waals surface area contributed by atoms with Gasteiger partial charge in [0.2, 0.25) is 0 Å². The minimum absolute atomic E-state index is 0.00628. The van der Waals surface area contributed by atoms with E-state index >= 15 is 0 Å². The van der Waals surface area contributed by atoms with E-state index in [0.29, 0.717) is 0 Å². The number of hydrogen-bond acceptors (Lipinski definition) is 6. The summed E-state index contributed by atoms with van der Waals surface area (Å²) >= 11 is 0. The quantitative estimate of drug-likeness (QED) is 0.491. The highest BCUT2D eigenvalue weighted by atomic mass is 16.6. The number of benzene rings is 1. The Morgan fingerprint density at radius 1 is 1.05 bits per heavy atom. The Kier molecular flexibility index (Phi) is 5.40. The first-order chi connectivity index (χ1) is 9.10. The van der Waals surface area contributed by atoms with E-state index in [4.69, 9.17) is 4.74 Å². The number of methoxy groups -OCH3 is 2. The lowest BCUT2D eigenvalue weighted by Crippen LogP contribution is -2.16. The monoisotopic (exact) mass is 266 g/mol. The first-order valence-electron chi connectivity index (χ1n) is 5.36. The minimum atomic E-state index is -1.08. The second-order valence-corrected chi connectivity index (χ2v) is 3.44. The van der Waals surface area contributed by atoms with Crippen molar-refractivity contribution in [3.8, 4) is 0 Å². The van der Waals surface area contributed by atoms with Gasteiger partial charge in [-0.2, -0.15) is 0 Å². The molecule has 0 heterocycles. The maximum Gasteiger partial charge on any atom is 0.377 e. The maximum atomic E-state index is 11.4. The van der Waals surface area contributed by atoms with Crippen LogP contribution in [0.15, 0.2) is 41.9 Å². The van der Waals surface area contributed by atoms with Crippen molar-refractivity contribution in [1.29, 1.82) is 0 Å². The topological polar surface area (TPSA) is 82.1 Å². The van der Waals surface area contributed by atoms with E-state index < -0.39 is 23.5 Å². The molecule has 6 heteroatoms. The summed E-state index contributed by atoms with van der Waals surface area (Å²) < 4.78 is 13.9. The van der Waals surface area contributed by atoms with Crippen LogP contribution in [-0.2, 0) is 30.4 Å². The van der Waals surface area contributed by atoms with Crippen LogP contribution in [0.5, 0.6) is 0 Å². The van der Waals surface area contributed by atoms with E-state index in [-0.39, 0.29) is 6.61 Å². The average Bonchev–Trinajstić information content (AvgIpc) is 2.47. The van der Waals surface area contributed by atoms with Crippen LogP contribution in [0.25, 0.3) is 0 Å². The lowest BCUT2D eigenvalue weighted by atomic mass is 10.2. The van der Waals surface area contributed by atoms with Gasteiger partial charge in [0.05, 0.1) is 14.2 Å². The van der Waals surface area contributed by atoms with Gasteiger partial charge in [0, 0.05) is 0 Å². The Hall–Kier alpha value is -2.50. The van der Waals surface area contributed by atoms with Gasteiger partial charge in [-0.3, -0.25) is 0 Å². The molecule has 0 radical (unpaired) electrons. The molecule has 1 N–H and O–H groups in total. The van der Waals surface area contributed by atoms with Crippen LogP contribution in [0.1, 0.15) is 5.56 Å². The van der Waals surface area contributed by atoms with Crippen molar-refractivity contribution in [1.82, 2.24) is 0 Å². The van der Waals surface area contributed by atoms with Crippen LogP contribution < -0.4 is 0 Å². The van der Waals surface area contributed by atoms with Gasteiger partial charge < -0.3 is 19.3 Å². The standard InChI is InChI=1S/C13H14O6/c1-17-12(15)10(14)11(13(16)18-2)19-8-9-6-4-3-5-7-9/h3-7,14H,8H2,1-2H3/b11-10-. The molecule has 0 unspecified atom stereocenters. The molecule has 0 atom stereocenters. The number of carbonyl (C=O) groups is 2. The van der Waals surface area contributed by atoms with Crippen LogP contribution in [0.2, 0.25) is 0 Å². The van der Waals surface area contributed by atoms with Crippen LogP contribution in [-0.4, -0.2) is 31.3 Å². The summed E-state index contributed by atoms with van der Waals surface area (Å²) in [4.78, 5) is 22.6. The van der Waals surface area contributed by atoms with Gasteiger partial charge in [0.15, 0.2) is 0 Å². The van der Waals surface area contributed by atoms with Crippen molar-refractivity contribution in [2.75, 3.05) is 14.2 Å². The van der Waals surface area contributed by atoms with Crippen molar-refractivity contribution in [2.24, 2.45) is 0 Å². The Morgan fingerprint density at radius 2 is 1.63 bits per heavy atom. The molecule has 0 fully saturated rings. The largest absolute Gasteiger partial charge is 0.499 e. The van der Waals surface area contributed by atoms with Crippen molar-refractivity contribution in [3.05, 3.63) is 47.4 Å². The summed E-state index contributed by atoms with van der Waals surface area (Å²) in [6, 6.07) is 8.95. The zero-order chi connectivity index (χ0) is 14.3. The maximum absolute atomic E-state index is 11.4. The van der Waals surface area contributed by atoms with Gasteiger partial charge in [-0.25, -0.2) is 9.59 Å². The lowest BCUT2D eigenvalue weighted by Gasteiger charge is -2.10. The van der Waals surface area contributed by atoms with Crippen molar-refractivity contribution in [2.45, 2.75) is 6.61 Å². The molecule has 0 amide bonds. The first-order valence-corrected chi connectivity index (χ1v) is 5.36. The Labute approximate surface area is 110 Å². The fourth-order valence-corrected chi connectivity index (χ4v) is 1.24. The van der Waals surface area contributed by atoms with E-state index in [1.54, 1.807) is 24.3 Å². The van der Waals surface area contributed by atoms with E-state index in [1.165, 1.54) is 0 Å². The van der Waals surface area contributed by atoms with E-state index in [1.807, 2.05) is 6.07 Å². The third kappa shape index (κ3) is 4.02. The number of carbonyl (C=O) groups excluding carboxylic acids is 2. The average molecular weight is 266 g/mol. The highest BCUT2D eigenvalue weighted by Gasteiger charge is 2.24. The molecule has 0 saturated carbocycles. The second kappa shape index (κ2) is 7.05. The smallest absolute Gasteiger partial charge is 0.377 e. The number of hydrogen-bond donors (Lipinski definition) is 1. The minimum Gasteiger partial charge on any atom is -0.499 e. The Morgan fingerprint density at radius 3 is 2.16 bits per heavy atom. The zero-order valence-corrected chi connectivity index (χ0v) is 10.6. The molecule has 6 nitrogen and oxygen atoms in total. The molecule has 0 aliphatic carbocycles. The van der Waals surface area contributed by atoms with Gasteiger partial charge in [0.1, 0.15) is 6.61 Å². The summed E-state index contributed by atoms with van der Waals surface area (Å²) in [5.74, 6) is -3.55. The molecule has 0 spiro atoms.